The molecule has 0 heterocycles. The minimum absolute atomic E-state index is 0. The Balaban J connectivity index is 0. The monoisotopic (exact) mass is 412 g/mol. The molecule has 133 valence electrons. The van der Waals surface area contributed by atoms with E-state index in [0.717, 1.165) is 19.3 Å². The number of amides is 1. The number of carbonyl (C=O) groups excluding carboxylic acids is 1. The first kappa shape index (κ1) is 25.7. The number of hydrogen-bond acceptors (Lipinski definition) is 1. The SMILES string of the molecule is CCCCCCCCCC(=O)[NH][Ti+2]([C]1=CC=CC1)[SiH](C)C.[Cl-].[Cl-]. The van der Waals surface area contributed by atoms with E-state index in [1.807, 2.05) is 0 Å². The molecular weight excluding hydrogens is 381 g/mol. The molecule has 0 aromatic carbocycles. The van der Waals surface area contributed by atoms with Gasteiger partial charge in [0.05, 0.1) is 0 Å². The summed E-state index contributed by atoms with van der Waals surface area (Å²) in [6.07, 6.45) is 17.4. The third-order valence-electron chi connectivity index (χ3n) is 3.98. The predicted octanol–water partition coefficient (Wildman–Crippen LogP) is -1.39. The first-order chi connectivity index (χ1) is 10.1. The van der Waals surface area contributed by atoms with E-state index in [0.29, 0.717) is 5.91 Å². The van der Waals surface area contributed by atoms with Crippen LogP contribution in [0.5, 0.6) is 0 Å². The molecule has 0 spiro atoms. The van der Waals surface area contributed by atoms with Crippen molar-refractivity contribution in [2.45, 2.75) is 77.8 Å². The number of hydrogen-bond donors (Lipinski definition) is 1. The quantitative estimate of drug-likeness (QED) is 0.328. The Morgan fingerprint density at radius 2 is 1.74 bits per heavy atom. The van der Waals surface area contributed by atoms with Crippen molar-refractivity contribution in [2.75, 3.05) is 0 Å². The van der Waals surface area contributed by atoms with Crippen LogP contribution in [0.1, 0.15) is 64.7 Å². The summed E-state index contributed by atoms with van der Waals surface area (Å²) in [6, 6.07) is 0. The summed E-state index contributed by atoms with van der Waals surface area (Å²) in [5.74, 6) is 0.326. The fourth-order valence-corrected chi connectivity index (χ4v) is 12.0. The summed E-state index contributed by atoms with van der Waals surface area (Å²) >= 11 is -1.45. The van der Waals surface area contributed by atoms with Crippen LogP contribution >= 0.6 is 0 Å². The van der Waals surface area contributed by atoms with Crippen LogP contribution in [-0.4, -0.2) is 12.6 Å². The van der Waals surface area contributed by atoms with Gasteiger partial charge in [0, 0.05) is 0 Å². The van der Waals surface area contributed by atoms with Gasteiger partial charge in [-0.05, 0) is 0 Å². The third-order valence-corrected chi connectivity index (χ3v) is 15.2. The second kappa shape index (κ2) is 16.0. The van der Waals surface area contributed by atoms with Crippen LogP contribution in [0.4, 0.5) is 0 Å². The zero-order valence-electron chi connectivity index (χ0n) is 14.8. The fourth-order valence-electron chi connectivity index (χ4n) is 2.70. The van der Waals surface area contributed by atoms with Crippen molar-refractivity contribution in [2.24, 2.45) is 0 Å². The number of unbranched alkanes of at least 4 members (excludes halogenated alkanes) is 6. The first-order valence-electron chi connectivity index (χ1n) is 8.68. The van der Waals surface area contributed by atoms with Gasteiger partial charge in [0.1, 0.15) is 0 Å². The smallest absolute Gasteiger partial charge is 1.00 e. The Hall–Kier alpha value is 0.461. The van der Waals surface area contributed by atoms with Crippen LogP contribution in [0.2, 0.25) is 13.1 Å². The van der Waals surface area contributed by atoms with E-state index in [9.17, 15) is 4.79 Å². The number of halogens is 2. The Morgan fingerprint density at radius 1 is 1.13 bits per heavy atom. The normalized spacial score (nSPS) is 12.4. The summed E-state index contributed by atoms with van der Waals surface area (Å²) in [6.45, 7) is 6.30. The summed E-state index contributed by atoms with van der Waals surface area (Å²) in [7, 11) is 0. The first-order valence-corrected chi connectivity index (χ1v) is 15.8. The van der Waals surface area contributed by atoms with E-state index in [4.69, 9.17) is 0 Å². The molecule has 1 aliphatic carbocycles. The largest absolute Gasteiger partial charge is 1.00 e. The molecule has 0 aromatic rings. The molecule has 0 aromatic heterocycles. The van der Waals surface area contributed by atoms with Crippen LogP contribution in [0.15, 0.2) is 22.1 Å². The van der Waals surface area contributed by atoms with Crippen molar-refractivity contribution in [1.82, 2.24) is 3.80 Å². The molecule has 0 unspecified atom stereocenters. The van der Waals surface area contributed by atoms with Gasteiger partial charge in [-0.15, -0.1) is 0 Å². The topological polar surface area (TPSA) is 29.1 Å². The molecule has 0 atom stereocenters. The minimum atomic E-state index is -1.45. The fraction of sp³-hybridized carbons (Fsp3) is 0.706. The van der Waals surface area contributed by atoms with E-state index in [1.54, 1.807) is 3.88 Å². The molecule has 6 heteroatoms. The Morgan fingerprint density at radius 3 is 2.26 bits per heavy atom. The van der Waals surface area contributed by atoms with E-state index >= 15 is 0 Å². The summed E-state index contributed by atoms with van der Waals surface area (Å²) in [4.78, 5) is 12.2. The maximum Gasteiger partial charge on any atom is -1.00 e. The molecule has 0 saturated carbocycles. The van der Waals surface area contributed by atoms with Crippen molar-refractivity contribution < 1.29 is 47.0 Å². The molecule has 0 fully saturated rings. The van der Waals surface area contributed by atoms with Gasteiger partial charge in [-0.1, -0.05) is 0 Å². The number of rotatable bonds is 11. The van der Waals surface area contributed by atoms with Crippen molar-refractivity contribution in [1.29, 1.82) is 0 Å². The second-order valence-electron chi connectivity index (χ2n) is 6.31. The minimum Gasteiger partial charge on any atom is -1.00 e. The third kappa shape index (κ3) is 11.6. The molecule has 23 heavy (non-hydrogen) atoms. The number of nitrogens with one attached hydrogen (secondary N) is 1. The Kier molecular flexibility index (Phi) is 17.8. The van der Waals surface area contributed by atoms with Crippen LogP contribution in [-0.2, 0) is 22.2 Å². The van der Waals surface area contributed by atoms with Gasteiger partial charge in [0.15, 0.2) is 0 Å². The standard InChI is InChI=1S/C10H21NO.C5H5.C2H7Si.2ClH.Ti/c1-2-3-4-5-6-7-8-9-10(11)12;1-2-4-5-3-1;1-3-2;;;/h2-9H2,1H3,(H2,11,12);1-3H,4H2;3H,1-2H3;2*1H;/q;;;;;+3/p-3. The van der Waals surface area contributed by atoms with Gasteiger partial charge < -0.3 is 24.8 Å². The van der Waals surface area contributed by atoms with Gasteiger partial charge >= 0.3 is 138 Å². The molecule has 0 bridgehead atoms. The molecular formula is C17H32Cl2NOSiTi. The zero-order valence-corrected chi connectivity index (χ0v) is 19.1. The Bertz CT molecular complexity index is 376. The average Bonchev–Trinajstić information content (AvgIpc) is 2.97. The van der Waals surface area contributed by atoms with Gasteiger partial charge in [0.2, 0.25) is 0 Å². The van der Waals surface area contributed by atoms with E-state index in [-0.39, 0.29) is 24.8 Å². The van der Waals surface area contributed by atoms with Gasteiger partial charge in [-0.3, -0.25) is 0 Å². The molecule has 0 saturated heterocycles. The van der Waals surface area contributed by atoms with Gasteiger partial charge in [-0.2, -0.15) is 0 Å². The molecule has 1 aliphatic rings. The molecule has 0 radical (unpaired) electrons. The van der Waals surface area contributed by atoms with E-state index in [2.05, 4.69) is 42.0 Å². The van der Waals surface area contributed by atoms with Crippen molar-refractivity contribution in [3.8, 4) is 0 Å². The van der Waals surface area contributed by atoms with E-state index in [1.165, 1.54) is 38.5 Å². The van der Waals surface area contributed by atoms with Crippen molar-refractivity contribution >= 4 is 12.6 Å². The van der Waals surface area contributed by atoms with Gasteiger partial charge in [-0.25, -0.2) is 0 Å². The number of allylic oxidation sites excluding steroid dienone is 4. The molecule has 0 aliphatic heterocycles. The molecule has 1 rings (SSSR count). The summed E-state index contributed by atoms with van der Waals surface area (Å²) < 4.78 is 5.02. The zero-order chi connectivity index (χ0) is 15.5. The maximum absolute atomic E-state index is 12.2. The van der Waals surface area contributed by atoms with E-state index < -0.39 is 24.0 Å². The van der Waals surface area contributed by atoms with Crippen LogP contribution in [0, 0.1) is 0 Å². The van der Waals surface area contributed by atoms with Crippen LogP contribution < -0.4 is 28.6 Å². The van der Waals surface area contributed by atoms with Crippen molar-refractivity contribution in [3.05, 3.63) is 22.1 Å². The Labute approximate surface area is 162 Å². The summed E-state index contributed by atoms with van der Waals surface area (Å²) in [5.41, 5.74) is 0. The van der Waals surface area contributed by atoms with Crippen LogP contribution in [0.25, 0.3) is 0 Å². The number of carbonyl (C=O) groups is 1. The van der Waals surface area contributed by atoms with Gasteiger partial charge in [0.25, 0.3) is 0 Å². The maximum atomic E-state index is 12.2. The molecule has 1 N–H and O–H groups in total. The van der Waals surface area contributed by atoms with Crippen LogP contribution in [0.3, 0.4) is 0 Å². The molecule has 2 nitrogen and oxygen atoms in total. The van der Waals surface area contributed by atoms with Crippen molar-refractivity contribution in [3.63, 3.8) is 0 Å². The summed E-state index contributed by atoms with van der Waals surface area (Å²) in [5, 5.41) is 0. The second-order valence-corrected chi connectivity index (χ2v) is 19.1. The molecule has 1 amide bonds. The predicted molar refractivity (Wildman–Crippen MR) is 91.5 cm³/mol. The average molecular weight is 413 g/mol.